The second kappa shape index (κ2) is 3.44. The zero-order chi connectivity index (χ0) is 5.70. The zero-order valence-electron chi connectivity index (χ0n) is 3.35. The van der Waals surface area contributed by atoms with E-state index < -0.39 is 5.97 Å². The molecule has 0 fully saturated rings. The first-order valence-electron chi connectivity index (χ1n) is 1.49. The molecule has 0 amide bonds. The zero-order valence-corrected chi connectivity index (χ0v) is 4.10. The molecule has 3 nitrogen and oxygen atoms in total. The molecular formula is C3H2ClNO2. The van der Waals surface area contributed by atoms with E-state index in [0.29, 0.717) is 0 Å². The molecule has 7 heavy (non-hydrogen) atoms. The highest BCUT2D eigenvalue weighted by molar-refractivity contribution is 6.13. The molecule has 0 saturated heterocycles. The standard InChI is InChI=1S/C3H2ClNO2/c4-7-3(6)1-2-5/h1H2. The minimum absolute atomic E-state index is 0.288. The van der Waals surface area contributed by atoms with Crippen LogP contribution in [0.5, 0.6) is 0 Å². The fourth-order valence-corrected chi connectivity index (χ4v) is 0.146. The predicted octanol–water partition coefficient (Wildman–Crippen LogP) is 0.597. The van der Waals surface area contributed by atoms with Crippen LogP contribution in [-0.4, -0.2) is 5.97 Å². The Bertz CT molecular complexity index is 106. The van der Waals surface area contributed by atoms with Crippen LogP contribution in [0.4, 0.5) is 0 Å². The molecule has 0 rings (SSSR count). The van der Waals surface area contributed by atoms with Gasteiger partial charge in [-0.1, -0.05) is 0 Å². The van der Waals surface area contributed by atoms with Gasteiger partial charge >= 0.3 is 5.97 Å². The molecule has 0 atom stereocenters. The molecular weight excluding hydrogens is 117 g/mol. The third-order valence-electron chi connectivity index (χ3n) is 0.309. The fourth-order valence-electron chi connectivity index (χ4n) is 0.0918. The molecule has 0 N–H and O–H groups in total. The van der Waals surface area contributed by atoms with Crippen LogP contribution in [0.3, 0.4) is 0 Å². The summed E-state index contributed by atoms with van der Waals surface area (Å²) in [5.41, 5.74) is 0. The second-order valence-corrected chi connectivity index (χ2v) is 0.938. The SMILES string of the molecule is N#CCC(=O)OCl. The summed E-state index contributed by atoms with van der Waals surface area (Å²) in [6.07, 6.45) is -0.288. The Balaban J connectivity index is 3.23. The molecule has 0 heterocycles. The highest BCUT2D eigenvalue weighted by atomic mass is 35.5. The van der Waals surface area contributed by atoms with Crippen molar-refractivity contribution in [3.63, 3.8) is 0 Å². The van der Waals surface area contributed by atoms with E-state index in [1.54, 1.807) is 6.07 Å². The molecule has 0 aromatic carbocycles. The van der Waals surface area contributed by atoms with Crippen LogP contribution in [0.2, 0.25) is 0 Å². The van der Waals surface area contributed by atoms with Crippen molar-refractivity contribution in [1.82, 2.24) is 0 Å². The van der Waals surface area contributed by atoms with Gasteiger partial charge in [0.05, 0.1) is 6.07 Å². The lowest BCUT2D eigenvalue weighted by Crippen LogP contribution is -1.92. The largest absolute Gasteiger partial charge is 0.346 e. The molecule has 0 bridgehead atoms. The average molecular weight is 120 g/mol. The van der Waals surface area contributed by atoms with Crippen LogP contribution in [-0.2, 0) is 9.08 Å². The van der Waals surface area contributed by atoms with Crippen molar-refractivity contribution in [3.8, 4) is 6.07 Å². The predicted molar refractivity (Wildman–Crippen MR) is 22.2 cm³/mol. The summed E-state index contributed by atoms with van der Waals surface area (Å²) in [6, 6.07) is 1.56. The molecule has 0 unspecified atom stereocenters. The first kappa shape index (κ1) is 6.25. The summed E-state index contributed by atoms with van der Waals surface area (Å²) in [6.45, 7) is 0. The first-order chi connectivity index (χ1) is 3.31. The van der Waals surface area contributed by atoms with Crippen LogP contribution in [0, 0.1) is 11.3 Å². The summed E-state index contributed by atoms with van der Waals surface area (Å²) in [4.78, 5) is 9.84. The molecule has 0 aromatic heterocycles. The van der Waals surface area contributed by atoms with Crippen molar-refractivity contribution in [1.29, 1.82) is 5.26 Å². The normalized spacial score (nSPS) is 6.86. The molecule has 4 heteroatoms. The summed E-state index contributed by atoms with van der Waals surface area (Å²) < 4.78 is 3.60. The third-order valence-corrected chi connectivity index (χ3v) is 0.482. The van der Waals surface area contributed by atoms with Gasteiger partial charge in [-0.3, -0.25) is 0 Å². The summed E-state index contributed by atoms with van der Waals surface area (Å²) in [7, 11) is 0. The fraction of sp³-hybridized carbons (Fsp3) is 0.333. The summed E-state index contributed by atoms with van der Waals surface area (Å²) in [5, 5.41) is 7.76. The molecule has 0 saturated carbocycles. The number of rotatable bonds is 1. The van der Waals surface area contributed by atoms with E-state index in [1.807, 2.05) is 0 Å². The number of carbonyl (C=O) groups excluding carboxylic acids is 1. The Morgan fingerprint density at radius 2 is 2.57 bits per heavy atom. The molecule has 0 aliphatic rings. The van der Waals surface area contributed by atoms with Gasteiger partial charge in [0.15, 0.2) is 0 Å². The van der Waals surface area contributed by atoms with E-state index in [9.17, 15) is 4.79 Å². The van der Waals surface area contributed by atoms with Gasteiger partial charge < -0.3 is 4.29 Å². The van der Waals surface area contributed by atoms with Gasteiger partial charge in [-0.25, -0.2) is 4.79 Å². The number of carbonyl (C=O) groups is 1. The van der Waals surface area contributed by atoms with Crippen LogP contribution in [0.1, 0.15) is 6.42 Å². The minimum atomic E-state index is -0.718. The van der Waals surface area contributed by atoms with Gasteiger partial charge in [-0.15, -0.1) is 0 Å². The van der Waals surface area contributed by atoms with Gasteiger partial charge in [0.1, 0.15) is 18.3 Å². The van der Waals surface area contributed by atoms with E-state index >= 15 is 0 Å². The number of halogens is 1. The van der Waals surface area contributed by atoms with Gasteiger partial charge in [0, 0.05) is 0 Å². The Kier molecular flexibility index (Phi) is 3.07. The van der Waals surface area contributed by atoms with Crippen molar-refractivity contribution in [3.05, 3.63) is 0 Å². The van der Waals surface area contributed by atoms with Crippen LogP contribution in [0.15, 0.2) is 0 Å². The Morgan fingerprint density at radius 1 is 2.00 bits per heavy atom. The highest BCUT2D eigenvalue weighted by Gasteiger charge is 1.95. The highest BCUT2D eigenvalue weighted by Crippen LogP contribution is 1.85. The van der Waals surface area contributed by atoms with Crippen LogP contribution in [0.25, 0.3) is 0 Å². The lowest BCUT2D eigenvalue weighted by Gasteiger charge is -1.80. The number of hydrogen-bond acceptors (Lipinski definition) is 3. The van der Waals surface area contributed by atoms with Crippen molar-refractivity contribution in [2.45, 2.75) is 6.42 Å². The topological polar surface area (TPSA) is 50.1 Å². The van der Waals surface area contributed by atoms with E-state index in [2.05, 4.69) is 16.2 Å². The van der Waals surface area contributed by atoms with Crippen molar-refractivity contribution < 1.29 is 9.08 Å². The summed E-state index contributed by atoms with van der Waals surface area (Å²) in [5.74, 6) is -0.718. The maximum absolute atomic E-state index is 9.84. The second-order valence-electron chi connectivity index (χ2n) is 0.784. The third kappa shape index (κ3) is 3.07. The van der Waals surface area contributed by atoms with Gasteiger partial charge in [0.2, 0.25) is 0 Å². The van der Waals surface area contributed by atoms with Gasteiger partial charge in [0.25, 0.3) is 0 Å². The lowest BCUT2D eigenvalue weighted by molar-refractivity contribution is -0.132. The van der Waals surface area contributed by atoms with Crippen molar-refractivity contribution >= 4 is 17.8 Å². The average Bonchev–Trinajstić information content (AvgIpc) is 1.68. The Morgan fingerprint density at radius 3 is 2.71 bits per heavy atom. The maximum atomic E-state index is 9.84. The first-order valence-corrected chi connectivity index (χ1v) is 1.80. The number of nitriles is 1. The molecule has 0 aliphatic carbocycles. The van der Waals surface area contributed by atoms with Gasteiger partial charge in [-0.05, 0) is 0 Å². The Hall–Kier alpha value is -0.750. The minimum Gasteiger partial charge on any atom is -0.346 e. The lowest BCUT2D eigenvalue weighted by atomic mass is 10.5. The summed E-state index contributed by atoms with van der Waals surface area (Å²) >= 11 is 4.53. The molecule has 0 radical (unpaired) electrons. The van der Waals surface area contributed by atoms with Crippen molar-refractivity contribution in [2.24, 2.45) is 0 Å². The smallest absolute Gasteiger partial charge is 0.338 e. The number of hydrogen-bond donors (Lipinski definition) is 0. The molecule has 0 aliphatic heterocycles. The van der Waals surface area contributed by atoms with E-state index in [4.69, 9.17) is 5.26 Å². The Labute approximate surface area is 45.6 Å². The number of nitrogens with zero attached hydrogens (tertiary/aromatic N) is 1. The van der Waals surface area contributed by atoms with Gasteiger partial charge in [-0.2, -0.15) is 5.26 Å². The van der Waals surface area contributed by atoms with Crippen molar-refractivity contribution in [2.75, 3.05) is 0 Å². The maximum Gasteiger partial charge on any atom is 0.338 e. The van der Waals surface area contributed by atoms with Crippen LogP contribution >= 0.6 is 11.9 Å². The van der Waals surface area contributed by atoms with E-state index in [-0.39, 0.29) is 6.42 Å². The molecule has 38 valence electrons. The van der Waals surface area contributed by atoms with E-state index in [0.717, 1.165) is 0 Å². The van der Waals surface area contributed by atoms with E-state index in [1.165, 1.54) is 0 Å². The van der Waals surface area contributed by atoms with Crippen LogP contribution < -0.4 is 0 Å². The molecule has 0 aromatic rings. The molecule has 0 spiro atoms. The quantitative estimate of drug-likeness (QED) is 0.508. The monoisotopic (exact) mass is 119 g/mol.